The van der Waals surface area contributed by atoms with E-state index in [1.807, 2.05) is 43.5 Å². The number of hydrogen-bond acceptors (Lipinski definition) is 5. The van der Waals surface area contributed by atoms with Crippen molar-refractivity contribution < 1.29 is 4.74 Å². The molecule has 1 aliphatic heterocycles. The number of nitrogens with zero attached hydrogens (tertiary/aromatic N) is 4. The zero-order valence-electron chi connectivity index (χ0n) is 18.8. The van der Waals surface area contributed by atoms with Crippen molar-refractivity contribution in [3.63, 3.8) is 0 Å². The molecule has 0 spiro atoms. The van der Waals surface area contributed by atoms with Gasteiger partial charge in [0.15, 0.2) is 0 Å². The summed E-state index contributed by atoms with van der Waals surface area (Å²) in [7, 11) is 0. The molecule has 1 aliphatic carbocycles. The Labute approximate surface area is 188 Å². The van der Waals surface area contributed by atoms with Gasteiger partial charge in [0.05, 0.1) is 17.1 Å². The van der Waals surface area contributed by atoms with E-state index in [4.69, 9.17) is 9.72 Å². The molecule has 5 rings (SSSR count). The number of rotatable bonds is 5. The van der Waals surface area contributed by atoms with Crippen molar-refractivity contribution >= 4 is 5.95 Å². The monoisotopic (exact) mass is 433 g/mol. The highest BCUT2D eigenvalue weighted by Crippen LogP contribution is 2.28. The molecule has 168 valence electrons. The van der Waals surface area contributed by atoms with E-state index in [0.29, 0.717) is 18.6 Å². The molecule has 1 saturated heterocycles. The summed E-state index contributed by atoms with van der Waals surface area (Å²) in [5.74, 6) is 1.41. The molecule has 1 unspecified atom stereocenters. The van der Waals surface area contributed by atoms with E-state index < -0.39 is 0 Å². The van der Waals surface area contributed by atoms with Gasteiger partial charge in [-0.05, 0) is 75.1 Å². The molecule has 2 aromatic heterocycles. The van der Waals surface area contributed by atoms with Gasteiger partial charge < -0.3 is 10.1 Å². The van der Waals surface area contributed by atoms with Gasteiger partial charge in [-0.25, -0.2) is 14.8 Å². The van der Waals surface area contributed by atoms with Crippen molar-refractivity contribution in [2.75, 3.05) is 11.9 Å². The molecule has 0 bridgehead atoms. The minimum atomic E-state index is -0.226. The first-order chi connectivity index (χ1) is 15.6. The number of aryl methyl sites for hydroxylation is 1. The first-order valence-electron chi connectivity index (χ1n) is 11.7. The normalized spacial score (nSPS) is 23.4. The van der Waals surface area contributed by atoms with Crippen LogP contribution in [0.3, 0.4) is 0 Å². The van der Waals surface area contributed by atoms with E-state index in [1.54, 1.807) is 15.3 Å². The molecule has 1 aromatic carbocycles. The van der Waals surface area contributed by atoms with E-state index >= 15 is 0 Å². The Kier molecular flexibility index (Phi) is 5.83. The van der Waals surface area contributed by atoms with Crippen molar-refractivity contribution in [3.8, 4) is 17.1 Å². The zero-order valence-corrected chi connectivity index (χ0v) is 18.8. The third-order valence-electron chi connectivity index (χ3n) is 6.66. The summed E-state index contributed by atoms with van der Waals surface area (Å²) in [4.78, 5) is 22.8. The van der Waals surface area contributed by atoms with Gasteiger partial charge in [-0.15, -0.1) is 0 Å². The average Bonchev–Trinajstić information content (AvgIpc) is 3.43. The Morgan fingerprint density at radius 2 is 1.97 bits per heavy atom. The van der Waals surface area contributed by atoms with E-state index in [-0.39, 0.29) is 11.9 Å². The summed E-state index contributed by atoms with van der Waals surface area (Å²) >= 11 is 0. The van der Waals surface area contributed by atoms with Crippen LogP contribution in [0.4, 0.5) is 5.95 Å². The Hall–Kier alpha value is -2.93. The fourth-order valence-electron chi connectivity index (χ4n) is 4.80. The largest absolute Gasteiger partial charge is 0.358 e. The predicted molar refractivity (Wildman–Crippen MR) is 125 cm³/mol. The van der Waals surface area contributed by atoms with Crippen LogP contribution >= 0.6 is 0 Å². The number of anilines is 1. The van der Waals surface area contributed by atoms with Crippen molar-refractivity contribution in [3.05, 3.63) is 58.8 Å². The van der Waals surface area contributed by atoms with E-state index in [0.717, 1.165) is 54.2 Å². The number of imidazole rings is 1. The molecule has 32 heavy (non-hydrogen) atoms. The number of nitrogens with one attached hydrogen (secondary N) is 1. The Bertz CT molecular complexity index is 1140. The highest BCUT2D eigenvalue weighted by molar-refractivity contribution is 5.59. The molecular formula is C25H31N5O2. The third kappa shape index (κ3) is 4.21. The molecule has 1 saturated carbocycles. The third-order valence-corrected chi connectivity index (χ3v) is 6.66. The van der Waals surface area contributed by atoms with Crippen molar-refractivity contribution in [2.45, 2.75) is 64.6 Å². The Morgan fingerprint density at radius 3 is 2.72 bits per heavy atom. The second kappa shape index (κ2) is 8.90. The average molecular weight is 434 g/mol. The van der Waals surface area contributed by atoms with Crippen molar-refractivity contribution in [2.24, 2.45) is 5.92 Å². The van der Waals surface area contributed by atoms with Gasteiger partial charge >= 0.3 is 5.69 Å². The first-order valence-corrected chi connectivity index (χ1v) is 11.7. The molecule has 0 radical (unpaired) electrons. The van der Waals surface area contributed by atoms with Gasteiger partial charge in [0.1, 0.15) is 6.23 Å². The van der Waals surface area contributed by atoms with Crippen LogP contribution in [0.5, 0.6) is 0 Å². The number of hydrogen-bond donors (Lipinski definition) is 1. The molecule has 2 fully saturated rings. The number of aromatic nitrogens is 4. The molecule has 3 aromatic rings. The maximum absolute atomic E-state index is 13.5. The van der Waals surface area contributed by atoms with Gasteiger partial charge in [0.2, 0.25) is 5.95 Å². The highest BCUT2D eigenvalue weighted by Gasteiger charge is 2.25. The molecule has 7 heteroatoms. The summed E-state index contributed by atoms with van der Waals surface area (Å²) in [5, 5.41) is 3.52. The highest BCUT2D eigenvalue weighted by atomic mass is 16.5. The number of benzene rings is 1. The second-order valence-electron chi connectivity index (χ2n) is 9.21. The fraction of sp³-hybridized carbons (Fsp3) is 0.480. The van der Waals surface area contributed by atoms with Crippen LogP contribution in [-0.2, 0) is 4.74 Å². The molecule has 2 aliphatic rings. The summed E-state index contributed by atoms with van der Waals surface area (Å²) in [5.41, 5.74) is 3.30. The lowest BCUT2D eigenvalue weighted by molar-refractivity contribution is 0.0538. The van der Waals surface area contributed by atoms with Gasteiger partial charge in [-0.1, -0.05) is 19.1 Å². The van der Waals surface area contributed by atoms with Crippen molar-refractivity contribution in [1.29, 1.82) is 0 Å². The van der Waals surface area contributed by atoms with Crippen LogP contribution in [0.1, 0.15) is 57.2 Å². The SMILES string of the molecule is Cc1cccc(-n2c(-c3ccnc(N[C@H]4CC[C@H](C)CC4)n3)cn(C3CCCO3)c2=O)c1. The molecule has 1 N–H and O–H groups in total. The van der Waals surface area contributed by atoms with Crippen LogP contribution in [0.15, 0.2) is 47.5 Å². The van der Waals surface area contributed by atoms with Gasteiger partial charge in [0.25, 0.3) is 0 Å². The quantitative estimate of drug-likeness (QED) is 0.631. The maximum Gasteiger partial charge on any atom is 0.335 e. The van der Waals surface area contributed by atoms with Crippen LogP contribution < -0.4 is 11.0 Å². The predicted octanol–water partition coefficient (Wildman–Crippen LogP) is 4.70. The Balaban J connectivity index is 1.54. The molecule has 3 heterocycles. The molecule has 1 atom stereocenters. The van der Waals surface area contributed by atoms with Crippen LogP contribution in [0.2, 0.25) is 0 Å². The topological polar surface area (TPSA) is 74.0 Å². The maximum atomic E-state index is 13.5. The zero-order chi connectivity index (χ0) is 22.1. The summed E-state index contributed by atoms with van der Waals surface area (Å²) in [6, 6.07) is 10.3. The minimum Gasteiger partial charge on any atom is -0.358 e. The lowest BCUT2D eigenvalue weighted by atomic mass is 9.87. The minimum absolute atomic E-state index is 0.105. The Morgan fingerprint density at radius 1 is 1.12 bits per heavy atom. The van der Waals surface area contributed by atoms with E-state index in [2.05, 4.69) is 17.2 Å². The standard InChI is InChI=1S/C25H31N5O2/c1-17-8-10-19(11-9-17)27-24-26-13-12-21(28-24)22-16-29(23-7-4-14-32-23)25(31)30(22)20-6-3-5-18(2)15-20/h3,5-6,12-13,15-17,19,23H,4,7-11,14H2,1-2H3,(H,26,27,28)/t17-,19-,23?. The summed E-state index contributed by atoms with van der Waals surface area (Å²) < 4.78 is 9.27. The molecule has 0 amide bonds. The van der Waals surface area contributed by atoms with Crippen LogP contribution in [-0.4, -0.2) is 31.8 Å². The van der Waals surface area contributed by atoms with E-state index in [9.17, 15) is 4.79 Å². The van der Waals surface area contributed by atoms with Gasteiger partial charge in [0, 0.05) is 25.0 Å². The summed E-state index contributed by atoms with van der Waals surface area (Å²) in [6.07, 6.45) is 9.96. The van der Waals surface area contributed by atoms with Crippen molar-refractivity contribution in [1.82, 2.24) is 19.1 Å². The first kappa shape index (κ1) is 20.9. The van der Waals surface area contributed by atoms with Gasteiger partial charge in [-0.2, -0.15) is 0 Å². The van der Waals surface area contributed by atoms with Gasteiger partial charge in [-0.3, -0.25) is 9.13 Å². The van der Waals surface area contributed by atoms with E-state index in [1.165, 1.54) is 12.8 Å². The molecular weight excluding hydrogens is 402 g/mol. The fourth-order valence-corrected chi connectivity index (χ4v) is 4.80. The smallest absolute Gasteiger partial charge is 0.335 e. The lowest BCUT2D eigenvalue weighted by Gasteiger charge is -2.26. The molecule has 7 nitrogen and oxygen atoms in total. The summed E-state index contributed by atoms with van der Waals surface area (Å²) in [6.45, 7) is 5.03. The van der Waals surface area contributed by atoms with Crippen LogP contribution in [0.25, 0.3) is 17.1 Å². The lowest BCUT2D eigenvalue weighted by Crippen LogP contribution is -2.27. The van der Waals surface area contributed by atoms with Crippen LogP contribution in [0, 0.1) is 12.8 Å². The second-order valence-corrected chi connectivity index (χ2v) is 9.21. The number of ether oxygens (including phenoxy) is 1.